The molecule has 3 aromatic rings. The molecule has 2 aliphatic rings. The Balaban J connectivity index is 1.46. The molecule has 3 heterocycles. The molecule has 240 valence electrons. The van der Waals surface area contributed by atoms with E-state index in [1.165, 1.54) is 6.07 Å². The summed E-state index contributed by atoms with van der Waals surface area (Å²) in [6.07, 6.45) is -16.4. The number of aliphatic hydroxyl groups excluding tert-OH is 7. The van der Waals surface area contributed by atoms with Gasteiger partial charge in [0.05, 0.1) is 13.2 Å². The van der Waals surface area contributed by atoms with Crippen molar-refractivity contribution in [1.82, 2.24) is 0 Å². The van der Waals surface area contributed by atoms with Crippen LogP contribution in [0.1, 0.15) is 0 Å². The van der Waals surface area contributed by atoms with Gasteiger partial charge >= 0.3 is 0 Å². The number of phenolic OH excluding ortho intramolecular Hbond substituents is 2. The van der Waals surface area contributed by atoms with Crippen LogP contribution in [0.3, 0.4) is 0 Å². The molecule has 0 amide bonds. The van der Waals surface area contributed by atoms with Gasteiger partial charge in [-0.1, -0.05) is 0 Å². The largest absolute Gasteiger partial charge is 0.507 e. The van der Waals surface area contributed by atoms with E-state index in [1.54, 1.807) is 0 Å². The number of aromatic hydroxyl groups is 3. The number of ether oxygens (including phenoxy) is 4. The molecule has 1 aromatic heterocycles. The Morgan fingerprint density at radius 2 is 1.59 bits per heavy atom. The maximum atomic E-state index is 13.0. The van der Waals surface area contributed by atoms with Crippen LogP contribution in [0.5, 0.6) is 28.7 Å². The second-order valence-electron chi connectivity index (χ2n) is 10.3. The molecule has 2 aliphatic heterocycles. The minimum absolute atomic E-state index is 0.0578. The predicted octanol–water partition coefficient (Wildman–Crippen LogP) is -3.07. The zero-order chi connectivity index (χ0) is 32.0. The zero-order valence-corrected chi connectivity index (χ0v) is 22.4. The third-order valence-corrected chi connectivity index (χ3v) is 7.34. The lowest BCUT2D eigenvalue weighted by molar-refractivity contribution is -0.277. The molecule has 2 fully saturated rings. The smallest absolute Gasteiger partial charge is 0.238 e. The van der Waals surface area contributed by atoms with Crippen LogP contribution in [0, 0.1) is 0 Å². The molecule has 0 aliphatic carbocycles. The summed E-state index contributed by atoms with van der Waals surface area (Å²) in [4.78, 5) is 13.0. The SMILES string of the molecule is O=c1c(O)c(-c2ccc(O)c(OC3OC(CO)C(O)C(O)C3O)c2)oc2cc(OC3COC(C(O)O)C(O)C3O)cc(O)c12. The quantitative estimate of drug-likeness (QED) is 0.116. The molecular formula is C27H30O17. The molecule has 0 bridgehead atoms. The highest BCUT2D eigenvalue weighted by Crippen LogP contribution is 2.39. The van der Waals surface area contributed by atoms with Crippen LogP contribution in [0.2, 0.25) is 0 Å². The lowest BCUT2D eigenvalue weighted by Gasteiger charge is -2.39. The number of benzene rings is 2. The zero-order valence-electron chi connectivity index (χ0n) is 22.4. The standard InChI is InChI=1S/C27H30O17/c28-6-14-17(31)20(34)23(37)27(44-14)43-12-3-8(1-2-10(12)29)24-22(36)19(33)16-11(30)4-9(5-13(16)42-24)41-15-7-40-25(26(38)39)21(35)18(15)32/h1-5,14-15,17-18,20-21,23,25-32,34-39H,6-7H2. The van der Waals surface area contributed by atoms with Crippen molar-refractivity contribution in [3.8, 4) is 40.1 Å². The van der Waals surface area contributed by atoms with Crippen LogP contribution in [-0.4, -0.2) is 131 Å². The predicted molar refractivity (Wildman–Crippen MR) is 142 cm³/mol. The van der Waals surface area contributed by atoms with E-state index in [0.717, 1.165) is 24.3 Å². The first kappa shape index (κ1) is 31.7. The Morgan fingerprint density at radius 3 is 2.27 bits per heavy atom. The van der Waals surface area contributed by atoms with Crippen molar-refractivity contribution in [3.05, 3.63) is 40.6 Å². The van der Waals surface area contributed by atoms with Crippen LogP contribution in [0.25, 0.3) is 22.3 Å². The Bertz CT molecular complexity index is 1550. The molecule has 17 nitrogen and oxygen atoms in total. The summed E-state index contributed by atoms with van der Waals surface area (Å²) in [6.45, 7) is -1.13. The lowest BCUT2D eigenvalue weighted by Crippen LogP contribution is -2.60. The number of hydrogen-bond acceptors (Lipinski definition) is 17. The summed E-state index contributed by atoms with van der Waals surface area (Å²) in [5.74, 6) is -3.15. The van der Waals surface area contributed by atoms with Gasteiger partial charge in [0, 0.05) is 17.7 Å². The summed E-state index contributed by atoms with van der Waals surface area (Å²) in [7, 11) is 0. The van der Waals surface area contributed by atoms with Gasteiger partial charge in [0.25, 0.3) is 0 Å². The molecule has 11 N–H and O–H groups in total. The topological polar surface area (TPSA) is 290 Å². The van der Waals surface area contributed by atoms with Crippen LogP contribution in [0.15, 0.2) is 39.5 Å². The molecule has 2 saturated heterocycles. The molecular weight excluding hydrogens is 596 g/mol. The molecule has 0 saturated carbocycles. The van der Waals surface area contributed by atoms with E-state index in [-0.39, 0.29) is 22.6 Å². The number of aliphatic hydroxyl groups is 8. The lowest BCUT2D eigenvalue weighted by atomic mass is 9.99. The summed E-state index contributed by atoms with van der Waals surface area (Å²) in [6, 6.07) is 5.52. The Morgan fingerprint density at radius 1 is 0.864 bits per heavy atom. The number of hydrogen-bond donors (Lipinski definition) is 11. The van der Waals surface area contributed by atoms with Crippen molar-refractivity contribution in [1.29, 1.82) is 0 Å². The molecule has 9 unspecified atom stereocenters. The van der Waals surface area contributed by atoms with Gasteiger partial charge in [-0.25, -0.2) is 0 Å². The number of fused-ring (bicyclic) bond motifs is 1. The van der Waals surface area contributed by atoms with E-state index in [1.807, 2.05) is 0 Å². The number of phenols is 2. The van der Waals surface area contributed by atoms with E-state index in [4.69, 9.17) is 23.4 Å². The van der Waals surface area contributed by atoms with Crippen molar-refractivity contribution in [2.24, 2.45) is 0 Å². The molecule has 2 aromatic carbocycles. The van der Waals surface area contributed by atoms with Gasteiger partial charge in [0.1, 0.15) is 65.2 Å². The Labute approximate surface area is 246 Å². The fraction of sp³-hybridized carbons (Fsp3) is 0.444. The van der Waals surface area contributed by atoms with E-state index < -0.39 is 108 Å². The number of rotatable bonds is 7. The normalized spacial score (nSPS) is 30.9. The molecule has 0 spiro atoms. The first-order chi connectivity index (χ1) is 20.8. The average molecular weight is 627 g/mol. The Hall–Kier alpha value is -3.75. The third-order valence-electron chi connectivity index (χ3n) is 7.34. The van der Waals surface area contributed by atoms with Crippen molar-refractivity contribution in [3.63, 3.8) is 0 Å². The fourth-order valence-corrected chi connectivity index (χ4v) is 4.93. The maximum absolute atomic E-state index is 13.0. The van der Waals surface area contributed by atoms with Gasteiger partial charge in [0.15, 0.2) is 29.7 Å². The van der Waals surface area contributed by atoms with Crippen molar-refractivity contribution >= 4 is 11.0 Å². The van der Waals surface area contributed by atoms with Crippen LogP contribution >= 0.6 is 0 Å². The van der Waals surface area contributed by atoms with Crippen molar-refractivity contribution in [2.45, 2.75) is 61.4 Å². The van der Waals surface area contributed by atoms with Gasteiger partial charge < -0.3 is 79.5 Å². The van der Waals surface area contributed by atoms with E-state index in [2.05, 4.69) is 0 Å². The minimum atomic E-state index is -2.08. The molecule has 44 heavy (non-hydrogen) atoms. The summed E-state index contributed by atoms with van der Waals surface area (Å²) >= 11 is 0. The van der Waals surface area contributed by atoms with Gasteiger partial charge in [-0.15, -0.1) is 0 Å². The molecule has 17 heteroatoms. The highest BCUT2D eigenvalue weighted by atomic mass is 16.7. The van der Waals surface area contributed by atoms with Crippen LogP contribution in [0.4, 0.5) is 0 Å². The van der Waals surface area contributed by atoms with E-state index >= 15 is 0 Å². The first-order valence-electron chi connectivity index (χ1n) is 13.2. The van der Waals surface area contributed by atoms with E-state index in [9.17, 15) is 61.0 Å². The highest BCUT2D eigenvalue weighted by molar-refractivity contribution is 5.88. The summed E-state index contributed by atoms with van der Waals surface area (Å²) in [5.41, 5.74) is -1.43. The average Bonchev–Trinajstić information content (AvgIpc) is 2.98. The van der Waals surface area contributed by atoms with Gasteiger partial charge in [-0.05, 0) is 18.2 Å². The summed E-state index contributed by atoms with van der Waals surface area (Å²) in [5, 5.41) is 110. The van der Waals surface area contributed by atoms with Crippen molar-refractivity contribution in [2.75, 3.05) is 13.2 Å². The fourth-order valence-electron chi connectivity index (χ4n) is 4.93. The monoisotopic (exact) mass is 626 g/mol. The maximum Gasteiger partial charge on any atom is 0.238 e. The second-order valence-corrected chi connectivity index (χ2v) is 10.3. The highest BCUT2D eigenvalue weighted by Gasteiger charge is 2.45. The molecule has 5 rings (SSSR count). The van der Waals surface area contributed by atoms with Gasteiger partial charge in [0.2, 0.25) is 17.5 Å². The van der Waals surface area contributed by atoms with Gasteiger partial charge in [-0.3, -0.25) is 4.79 Å². The van der Waals surface area contributed by atoms with E-state index in [0.29, 0.717) is 0 Å². The van der Waals surface area contributed by atoms with Crippen LogP contribution in [-0.2, 0) is 9.47 Å². The third kappa shape index (κ3) is 5.73. The second kappa shape index (κ2) is 12.3. The summed E-state index contributed by atoms with van der Waals surface area (Å²) < 4.78 is 27.2. The van der Waals surface area contributed by atoms with Crippen molar-refractivity contribution < 1.29 is 79.5 Å². The van der Waals surface area contributed by atoms with Crippen LogP contribution < -0.4 is 14.9 Å². The Kier molecular flexibility index (Phi) is 8.87. The molecule has 9 atom stereocenters. The molecule has 0 radical (unpaired) electrons. The minimum Gasteiger partial charge on any atom is -0.507 e. The first-order valence-corrected chi connectivity index (χ1v) is 13.2. The van der Waals surface area contributed by atoms with Gasteiger partial charge in [-0.2, -0.15) is 0 Å².